The highest BCUT2D eigenvalue weighted by molar-refractivity contribution is 6.30. The normalized spacial score (nSPS) is 10.5. The molecule has 134 valence electrons. The van der Waals surface area contributed by atoms with Crippen LogP contribution in [0.2, 0.25) is 5.02 Å². The van der Waals surface area contributed by atoms with E-state index in [-0.39, 0.29) is 0 Å². The highest BCUT2D eigenvalue weighted by Crippen LogP contribution is 2.21. The average Bonchev–Trinajstić information content (AvgIpc) is 2.68. The van der Waals surface area contributed by atoms with Gasteiger partial charge in [0.25, 0.3) is 0 Å². The van der Waals surface area contributed by atoms with Crippen LogP contribution in [0.15, 0.2) is 60.7 Å². The molecule has 0 aliphatic rings. The minimum Gasteiger partial charge on any atom is -0.383 e. The lowest BCUT2D eigenvalue weighted by atomic mass is 10.1. The summed E-state index contributed by atoms with van der Waals surface area (Å²) in [5.41, 5.74) is 3.01. The fourth-order valence-corrected chi connectivity index (χ4v) is 2.56. The number of anilines is 2. The molecule has 0 aliphatic heterocycles. The van der Waals surface area contributed by atoms with Crippen LogP contribution in [0.1, 0.15) is 5.56 Å². The first-order valence-corrected chi connectivity index (χ1v) is 8.78. The Morgan fingerprint density at radius 1 is 0.962 bits per heavy atom. The number of hydrogen-bond acceptors (Lipinski definition) is 5. The van der Waals surface area contributed by atoms with Gasteiger partial charge in [0.15, 0.2) is 0 Å². The molecule has 0 atom stereocenters. The summed E-state index contributed by atoms with van der Waals surface area (Å²) in [6.07, 6.45) is 0. The molecular formula is C20H21ClN4O. The van der Waals surface area contributed by atoms with Crippen LogP contribution in [-0.4, -0.2) is 30.2 Å². The van der Waals surface area contributed by atoms with Crippen molar-refractivity contribution in [2.75, 3.05) is 30.9 Å². The topological polar surface area (TPSA) is 59.1 Å². The Morgan fingerprint density at radius 2 is 1.73 bits per heavy atom. The lowest BCUT2D eigenvalue weighted by molar-refractivity contribution is 0.210. The number of methoxy groups -OCH3 is 1. The van der Waals surface area contributed by atoms with Crippen molar-refractivity contribution in [3.05, 3.63) is 71.2 Å². The number of ether oxygens (including phenoxy) is 1. The minimum absolute atomic E-state index is 0.571. The second kappa shape index (κ2) is 9.17. The lowest BCUT2D eigenvalue weighted by Crippen LogP contribution is -2.11. The third-order valence-electron chi connectivity index (χ3n) is 3.77. The van der Waals surface area contributed by atoms with Crippen LogP contribution in [0.4, 0.5) is 11.8 Å². The second-order valence-corrected chi connectivity index (χ2v) is 6.16. The van der Waals surface area contributed by atoms with E-state index in [0.29, 0.717) is 25.6 Å². The zero-order valence-electron chi connectivity index (χ0n) is 14.6. The van der Waals surface area contributed by atoms with E-state index in [1.165, 1.54) is 0 Å². The summed E-state index contributed by atoms with van der Waals surface area (Å²) in [6, 6.07) is 19.7. The van der Waals surface area contributed by atoms with Crippen LogP contribution in [0.3, 0.4) is 0 Å². The summed E-state index contributed by atoms with van der Waals surface area (Å²) < 4.78 is 5.09. The Labute approximate surface area is 158 Å². The molecule has 1 aromatic heterocycles. The van der Waals surface area contributed by atoms with Crippen molar-refractivity contribution in [3.63, 3.8) is 0 Å². The second-order valence-electron chi connectivity index (χ2n) is 5.73. The van der Waals surface area contributed by atoms with Crippen molar-refractivity contribution in [3.8, 4) is 11.3 Å². The number of rotatable bonds is 8. The van der Waals surface area contributed by atoms with Crippen molar-refractivity contribution < 1.29 is 4.74 Å². The van der Waals surface area contributed by atoms with Crippen LogP contribution in [0, 0.1) is 0 Å². The van der Waals surface area contributed by atoms with Crippen molar-refractivity contribution in [2.24, 2.45) is 0 Å². The van der Waals surface area contributed by atoms with Gasteiger partial charge in [-0.2, -0.15) is 4.98 Å². The predicted molar refractivity (Wildman–Crippen MR) is 107 cm³/mol. The van der Waals surface area contributed by atoms with Gasteiger partial charge >= 0.3 is 0 Å². The highest BCUT2D eigenvalue weighted by Gasteiger charge is 2.07. The first-order valence-electron chi connectivity index (χ1n) is 8.40. The van der Waals surface area contributed by atoms with Gasteiger partial charge in [-0.05, 0) is 17.7 Å². The molecule has 0 saturated heterocycles. The summed E-state index contributed by atoms with van der Waals surface area (Å²) in [7, 11) is 1.68. The van der Waals surface area contributed by atoms with Gasteiger partial charge in [0, 0.05) is 36.9 Å². The molecule has 2 N–H and O–H groups in total. The van der Waals surface area contributed by atoms with Crippen molar-refractivity contribution in [1.29, 1.82) is 0 Å². The van der Waals surface area contributed by atoms with E-state index in [1.807, 2.05) is 60.7 Å². The number of halogens is 1. The Hall–Kier alpha value is -2.63. The highest BCUT2D eigenvalue weighted by atomic mass is 35.5. The molecule has 0 radical (unpaired) electrons. The van der Waals surface area contributed by atoms with E-state index in [4.69, 9.17) is 16.3 Å². The molecular weight excluding hydrogens is 348 g/mol. The maximum Gasteiger partial charge on any atom is 0.225 e. The Bertz CT molecular complexity index is 825. The van der Waals surface area contributed by atoms with Crippen LogP contribution < -0.4 is 10.6 Å². The third-order valence-corrected chi connectivity index (χ3v) is 4.02. The third kappa shape index (κ3) is 5.18. The molecule has 0 saturated carbocycles. The fraction of sp³-hybridized carbons (Fsp3) is 0.200. The molecule has 3 rings (SSSR count). The fourth-order valence-electron chi connectivity index (χ4n) is 2.44. The smallest absolute Gasteiger partial charge is 0.225 e. The van der Waals surface area contributed by atoms with Crippen LogP contribution >= 0.6 is 11.6 Å². The summed E-state index contributed by atoms with van der Waals surface area (Å²) in [4.78, 5) is 9.19. The zero-order chi connectivity index (χ0) is 18.2. The Morgan fingerprint density at radius 3 is 2.46 bits per heavy atom. The summed E-state index contributed by atoms with van der Waals surface area (Å²) in [6.45, 7) is 1.91. The van der Waals surface area contributed by atoms with Crippen molar-refractivity contribution >= 4 is 23.4 Å². The molecule has 5 nitrogen and oxygen atoms in total. The standard InChI is InChI=1S/C20H21ClN4O/c1-26-12-11-22-19-13-18(16-5-3-2-4-6-16)24-20(25-19)23-14-15-7-9-17(21)10-8-15/h2-10,13H,11-12,14H2,1H3,(H2,22,23,24,25). The molecule has 1 heterocycles. The van der Waals surface area contributed by atoms with Gasteiger partial charge in [0.05, 0.1) is 12.3 Å². The maximum atomic E-state index is 5.94. The van der Waals surface area contributed by atoms with Gasteiger partial charge in [-0.15, -0.1) is 0 Å². The van der Waals surface area contributed by atoms with E-state index in [9.17, 15) is 0 Å². The molecule has 3 aromatic rings. The monoisotopic (exact) mass is 368 g/mol. The molecule has 0 spiro atoms. The SMILES string of the molecule is COCCNc1cc(-c2ccccc2)nc(NCc2ccc(Cl)cc2)n1. The molecule has 0 fully saturated rings. The molecule has 0 unspecified atom stereocenters. The van der Waals surface area contributed by atoms with E-state index < -0.39 is 0 Å². The van der Waals surface area contributed by atoms with Crippen LogP contribution in [-0.2, 0) is 11.3 Å². The molecule has 2 aromatic carbocycles. The maximum absolute atomic E-state index is 5.94. The molecule has 0 bridgehead atoms. The summed E-state index contributed by atoms with van der Waals surface area (Å²) in [5, 5.41) is 7.28. The summed E-state index contributed by atoms with van der Waals surface area (Å²) >= 11 is 5.94. The average molecular weight is 369 g/mol. The van der Waals surface area contributed by atoms with E-state index >= 15 is 0 Å². The Balaban J connectivity index is 1.80. The van der Waals surface area contributed by atoms with Gasteiger partial charge in [-0.1, -0.05) is 54.1 Å². The minimum atomic E-state index is 0.571. The Kier molecular flexibility index (Phi) is 6.41. The summed E-state index contributed by atoms with van der Waals surface area (Å²) in [5.74, 6) is 1.33. The molecule has 26 heavy (non-hydrogen) atoms. The zero-order valence-corrected chi connectivity index (χ0v) is 15.3. The van der Waals surface area contributed by atoms with Gasteiger partial charge in [0.1, 0.15) is 5.82 Å². The van der Waals surface area contributed by atoms with E-state index in [2.05, 4.69) is 20.6 Å². The van der Waals surface area contributed by atoms with Crippen LogP contribution in [0.25, 0.3) is 11.3 Å². The van der Waals surface area contributed by atoms with E-state index in [0.717, 1.165) is 27.7 Å². The van der Waals surface area contributed by atoms with Gasteiger partial charge in [0.2, 0.25) is 5.95 Å². The molecule has 0 amide bonds. The van der Waals surface area contributed by atoms with E-state index in [1.54, 1.807) is 7.11 Å². The number of nitrogens with one attached hydrogen (secondary N) is 2. The van der Waals surface area contributed by atoms with Crippen molar-refractivity contribution in [1.82, 2.24) is 9.97 Å². The first-order chi connectivity index (χ1) is 12.7. The number of hydrogen-bond donors (Lipinski definition) is 2. The first kappa shape index (κ1) is 18.2. The number of aromatic nitrogens is 2. The van der Waals surface area contributed by atoms with Gasteiger partial charge in [-0.3, -0.25) is 0 Å². The number of benzene rings is 2. The quantitative estimate of drug-likeness (QED) is 0.574. The largest absolute Gasteiger partial charge is 0.383 e. The molecule has 6 heteroatoms. The predicted octanol–water partition coefficient (Wildman–Crippen LogP) is 4.47. The molecule has 0 aliphatic carbocycles. The van der Waals surface area contributed by atoms with Gasteiger partial charge < -0.3 is 15.4 Å². The van der Waals surface area contributed by atoms with Crippen molar-refractivity contribution in [2.45, 2.75) is 6.54 Å². The van der Waals surface area contributed by atoms with Crippen LogP contribution in [0.5, 0.6) is 0 Å². The lowest BCUT2D eigenvalue weighted by Gasteiger charge is -2.11. The number of nitrogens with zero attached hydrogens (tertiary/aromatic N) is 2. The van der Waals surface area contributed by atoms with Gasteiger partial charge in [-0.25, -0.2) is 4.98 Å².